The molecule has 32 heavy (non-hydrogen) atoms. The summed E-state index contributed by atoms with van der Waals surface area (Å²) in [4.78, 5) is 12.3. The minimum Gasteiger partial charge on any atom is -0.489 e. The van der Waals surface area contributed by atoms with Crippen LogP contribution in [0.3, 0.4) is 0 Å². The van der Waals surface area contributed by atoms with E-state index >= 15 is 0 Å². The van der Waals surface area contributed by atoms with Crippen LogP contribution in [-0.2, 0) is 20.7 Å². The van der Waals surface area contributed by atoms with E-state index < -0.39 is 0 Å². The Morgan fingerprint density at radius 2 is 1.81 bits per heavy atom. The van der Waals surface area contributed by atoms with Crippen LogP contribution in [0.4, 0.5) is 0 Å². The number of hydrogen-bond acceptors (Lipinski definition) is 5. The molecule has 164 valence electrons. The highest BCUT2D eigenvalue weighted by Crippen LogP contribution is 2.48. The van der Waals surface area contributed by atoms with Gasteiger partial charge in [-0.2, -0.15) is 14.5 Å². The largest absolute Gasteiger partial charge is 0.489 e. The summed E-state index contributed by atoms with van der Waals surface area (Å²) < 4.78 is 10.7. The van der Waals surface area contributed by atoms with Crippen molar-refractivity contribution in [2.24, 2.45) is 14.1 Å². The van der Waals surface area contributed by atoms with Gasteiger partial charge in [-0.1, -0.05) is 18.2 Å². The fraction of sp³-hybridized carbons (Fsp3) is 0.333. The number of benzene rings is 2. The van der Waals surface area contributed by atoms with Gasteiger partial charge in [0.05, 0.1) is 17.1 Å². The number of rotatable bonds is 6. The van der Waals surface area contributed by atoms with Crippen LogP contribution in [0.15, 0.2) is 47.3 Å². The maximum atomic E-state index is 12.3. The van der Waals surface area contributed by atoms with Crippen LogP contribution < -0.4 is 10.4 Å². The van der Waals surface area contributed by atoms with E-state index in [2.05, 4.69) is 34.6 Å². The van der Waals surface area contributed by atoms with Crippen molar-refractivity contribution in [1.82, 2.24) is 29.6 Å². The van der Waals surface area contributed by atoms with Crippen molar-refractivity contribution < 1.29 is 4.74 Å². The Morgan fingerprint density at radius 3 is 2.47 bits per heavy atom. The molecule has 4 aromatic rings. The van der Waals surface area contributed by atoms with E-state index in [0.717, 1.165) is 28.3 Å². The standard InChI is InChI=1S/C24H26N6O2/c1-15-13-21(28(3)25-15)19-11-12-22(16(2)23(19)17-9-10-17)32-14-18-7-5-6-8-20(18)30-24(31)29(4)26-27-30/h5-8,11-13,17H,9-10,14H2,1-4H3. The van der Waals surface area contributed by atoms with Crippen molar-refractivity contribution in [2.75, 3.05) is 0 Å². The fourth-order valence-electron chi connectivity index (χ4n) is 4.31. The number of aromatic nitrogens is 6. The van der Waals surface area contributed by atoms with E-state index in [1.165, 1.54) is 33.3 Å². The molecule has 0 spiro atoms. The average molecular weight is 431 g/mol. The Balaban J connectivity index is 1.48. The van der Waals surface area contributed by atoms with Gasteiger partial charge in [-0.05, 0) is 78.4 Å². The van der Waals surface area contributed by atoms with Gasteiger partial charge in [0, 0.05) is 25.2 Å². The number of hydrogen-bond donors (Lipinski definition) is 0. The normalized spacial score (nSPS) is 13.5. The smallest absolute Gasteiger partial charge is 0.368 e. The molecular weight excluding hydrogens is 404 g/mol. The Bertz CT molecular complexity index is 1360. The van der Waals surface area contributed by atoms with Crippen LogP contribution in [0.2, 0.25) is 0 Å². The van der Waals surface area contributed by atoms with Crippen LogP contribution in [0.25, 0.3) is 16.9 Å². The number of nitrogens with zero attached hydrogens (tertiary/aromatic N) is 6. The average Bonchev–Trinajstić information content (AvgIpc) is 3.48. The quantitative estimate of drug-likeness (QED) is 0.468. The zero-order valence-corrected chi connectivity index (χ0v) is 18.7. The molecule has 0 saturated heterocycles. The summed E-state index contributed by atoms with van der Waals surface area (Å²) in [6.07, 6.45) is 2.40. The van der Waals surface area contributed by atoms with Crippen LogP contribution in [0.5, 0.6) is 5.75 Å². The second-order valence-electron chi connectivity index (χ2n) is 8.43. The van der Waals surface area contributed by atoms with Crippen LogP contribution in [0.1, 0.15) is 41.1 Å². The lowest BCUT2D eigenvalue weighted by Gasteiger charge is -2.18. The summed E-state index contributed by atoms with van der Waals surface area (Å²) in [5.41, 5.74) is 7.14. The molecule has 5 rings (SSSR count). The second-order valence-corrected chi connectivity index (χ2v) is 8.43. The van der Waals surface area contributed by atoms with Crippen molar-refractivity contribution >= 4 is 0 Å². The Labute approximate surface area is 186 Å². The van der Waals surface area contributed by atoms with Gasteiger partial charge in [0.25, 0.3) is 0 Å². The first-order valence-electron chi connectivity index (χ1n) is 10.8. The number of aryl methyl sites for hydroxylation is 3. The molecule has 1 fully saturated rings. The van der Waals surface area contributed by atoms with Crippen molar-refractivity contribution in [3.05, 3.63) is 75.3 Å². The summed E-state index contributed by atoms with van der Waals surface area (Å²) in [6.45, 7) is 4.48. The van der Waals surface area contributed by atoms with Crippen molar-refractivity contribution in [3.63, 3.8) is 0 Å². The Hall–Kier alpha value is -3.68. The van der Waals surface area contributed by atoms with Crippen molar-refractivity contribution in [1.29, 1.82) is 0 Å². The van der Waals surface area contributed by atoms with Gasteiger partial charge in [0.15, 0.2) is 0 Å². The summed E-state index contributed by atoms with van der Waals surface area (Å²) in [5, 5.41) is 12.3. The molecule has 0 N–H and O–H groups in total. The number of ether oxygens (including phenoxy) is 1. The second kappa shape index (κ2) is 7.78. The number of para-hydroxylation sites is 1. The zero-order chi connectivity index (χ0) is 22.4. The zero-order valence-electron chi connectivity index (χ0n) is 18.7. The molecule has 2 aromatic carbocycles. The third-order valence-corrected chi connectivity index (χ3v) is 6.05. The van der Waals surface area contributed by atoms with Gasteiger partial charge in [-0.25, -0.2) is 4.79 Å². The first-order chi connectivity index (χ1) is 15.4. The molecule has 8 nitrogen and oxygen atoms in total. The molecule has 0 amide bonds. The van der Waals surface area contributed by atoms with Gasteiger partial charge in [-0.15, -0.1) is 0 Å². The van der Waals surface area contributed by atoms with E-state index in [-0.39, 0.29) is 5.69 Å². The highest BCUT2D eigenvalue weighted by Gasteiger charge is 2.30. The third kappa shape index (κ3) is 3.51. The monoisotopic (exact) mass is 430 g/mol. The molecule has 0 aliphatic heterocycles. The molecule has 1 saturated carbocycles. The van der Waals surface area contributed by atoms with Crippen LogP contribution in [-0.4, -0.2) is 29.6 Å². The molecule has 1 aliphatic rings. The molecule has 1 aliphatic carbocycles. The van der Waals surface area contributed by atoms with E-state index in [1.54, 1.807) is 7.05 Å². The van der Waals surface area contributed by atoms with Gasteiger partial charge in [0.1, 0.15) is 12.4 Å². The molecular formula is C24H26N6O2. The predicted molar refractivity (Wildman–Crippen MR) is 121 cm³/mol. The van der Waals surface area contributed by atoms with Gasteiger partial charge >= 0.3 is 5.69 Å². The van der Waals surface area contributed by atoms with Crippen molar-refractivity contribution in [3.8, 4) is 22.7 Å². The molecule has 2 heterocycles. The highest BCUT2D eigenvalue weighted by molar-refractivity contribution is 5.70. The number of tetrazole rings is 1. The topological polar surface area (TPSA) is 79.8 Å². The Morgan fingerprint density at radius 1 is 1.03 bits per heavy atom. The first-order valence-corrected chi connectivity index (χ1v) is 10.8. The summed E-state index contributed by atoms with van der Waals surface area (Å²) >= 11 is 0. The third-order valence-electron chi connectivity index (χ3n) is 6.05. The predicted octanol–water partition coefficient (Wildman–Crippen LogP) is 3.44. The minimum absolute atomic E-state index is 0.291. The van der Waals surface area contributed by atoms with E-state index in [1.807, 2.05) is 49.0 Å². The lowest BCUT2D eigenvalue weighted by Crippen LogP contribution is -2.23. The van der Waals surface area contributed by atoms with E-state index in [0.29, 0.717) is 18.2 Å². The summed E-state index contributed by atoms with van der Waals surface area (Å²) in [6, 6.07) is 13.9. The fourth-order valence-corrected chi connectivity index (χ4v) is 4.31. The van der Waals surface area contributed by atoms with Crippen LogP contribution in [0, 0.1) is 13.8 Å². The minimum atomic E-state index is -0.291. The summed E-state index contributed by atoms with van der Waals surface area (Å²) in [5.74, 6) is 1.42. The molecule has 0 unspecified atom stereocenters. The first kappa shape index (κ1) is 20.2. The maximum Gasteiger partial charge on any atom is 0.368 e. The van der Waals surface area contributed by atoms with Gasteiger partial charge in [0.2, 0.25) is 0 Å². The lowest BCUT2D eigenvalue weighted by molar-refractivity contribution is 0.303. The molecule has 2 aromatic heterocycles. The van der Waals surface area contributed by atoms with Gasteiger partial charge in [-0.3, -0.25) is 4.68 Å². The molecule has 8 heteroatoms. The van der Waals surface area contributed by atoms with Crippen LogP contribution >= 0.6 is 0 Å². The van der Waals surface area contributed by atoms with E-state index in [9.17, 15) is 4.79 Å². The molecule has 0 atom stereocenters. The van der Waals surface area contributed by atoms with E-state index in [4.69, 9.17) is 4.74 Å². The van der Waals surface area contributed by atoms with Gasteiger partial charge < -0.3 is 4.74 Å². The highest BCUT2D eigenvalue weighted by atomic mass is 16.5. The van der Waals surface area contributed by atoms with Crippen molar-refractivity contribution in [2.45, 2.75) is 39.2 Å². The molecule has 0 bridgehead atoms. The SMILES string of the molecule is Cc1cc(-c2ccc(OCc3ccccc3-n3nnn(C)c3=O)c(C)c2C2CC2)n(C)n1. The Kier molecular flexibility index (Phi) is 4.92. The summed E-state index contributed by atoms with van der Waals surface area (Å²) in [7, 11) is 3.57. The lowest BCUT2D eigenvalue weighted by atomic mass is 9.94. The maximum absolute atomic E-state index is 12.3. The molecule has 0 radical (unpaired) electrons.